The normalized spacial score (nSPS) is 22.0. The third-order valence-corrected chi connectivity index (χ3v) is 3.49. The highest BCUT2D eigenvalue weighted by molar-refractivity contribution is 5.98. The summed E-state index contributed by atoms with van der Waals surface area (Å²) < 4.78 is 0. The predicted octanol–water partition coefficient (Wildman–Crippen LogP) is -0.152. The Labute approximate surface area is 116 Å². The molecular formula is C14H18N2O4. The second-order valence-corrected chi connectivity index (χ2v) is 4.90. The minimum absolute atomic E-state index is 0.0484. The number of hydrogen-bond acceptors (Lipinski definition) is 4. The minimum atomic E-state index is -1.09. The Morgan fingerprint density at radius 1 is 1.35 bits per heavy atom. The van der Waals surface area contributed by atoms with Gasteiger partial charge in [-0.3, -0.25) is 4.79 Å². The van der Waals surface area contributed by atoms with Crippen molar-refractivity contribution in [2.24, 2.45) is 5.73 Å². The first-order chi connectivity index (χ1) is 9.54. The van der Waals surface area contributed by atoms with Crippen LogP contribution in [0.2, 0.25) is 0 Å². The van der Waals surface area contributed by atoms with Gasteiger partial charge < -0.3 is 20.8 Å². The van der Waals surface area contributed by atoms with Gasteiger partial charge in [0.15, 0.2) is 0 Å². The van der Waals surface area contributed by atoms with Gasteiger partial charge in [0.25, 0.3) is 5.91 Å². The molecule has 4 N–H and O–H groups in total. The Balaban J connectivity index is 2.29. The molecule has 2 rings (SSSR count). The van der Waals surface area contributed by atoms with Crippen molar-refractivity contribution in [1.82, 2.24) is 4.90 Å². The van der Waals surface area contributed by atoms with E-state index in [9.17, 15) is 14.7 Å². The van der Waals surface area contributed by atoms with Gasteiger partial charge in [-0.1, -0.05) is 18.2 Å². The van der Waals surface area contributed by atoms with Crippen LogP contribution < -0.4 is 5.73 Å². The van der Waals surface area contributed by atoms with Crippen LogP contribution >= 0.6 is 0 Å². The largest absolute Gasteiger partial charge is 0.480 e. The number of β-amino-alcohol motifs (C(OH)–C–C–N with tert-alkyl or cyclic N) is 1. The zero-order valence-electron chi connectivity index (χ0n) is 11.0. The highest BCUT2D eigenvalue weighted by atomic mass is 16.4. The van der Waals surface area contributed by atoms with Crippen molar-refractivity contribution in [1.29, 1.82) is 0 Å². The molecule has 6 nitrogen and oxygen atoms in total. The number of carboxylic acids is 1. The third-order valence-electron chi connectivity index (χ3n) is 3.49. The van der Waals surface area contributed by atoms with Crippen LogP contribution in [0.25, 0.3) is 0 Å². The SMILES string of the molecule is NCCc1ccccc1C(=O)N1C[C@H](O)C[C@@H]1C(=O)O. The summed E-state index contributed by atoms with van der Waals surface area (Å²) in [6.07, 6.45) is -0.169. The van der Waals surface area contributed by atoms with E-state index in [0.29, 0.717) is 18.5 Å². The van der Waals surface area contributed by atoms with Crippen molar-refractivity contribution >= 4 is 11.9 Å². The van der Waals surface area contributed by atoms with Gasteiger partial charge in [0.1, 0.15) is 6.04 Å². The van der Waals surface area contributed by atoms with E-state index in [1.807, 2.05) is 12.1 Å². The zero-order chi connectivity index (χ0) is 14.7. The fourth-order valence-electron chi connectivity index (χ4n) is 2.53. The zero-order valence-corrected chi connectivity index (χ0v) is 11.0. The summed E-state index contributed by atoms with van der Waals surface area (Å²) in [6, 6.07) is 6.05. The first-order valence-electron chi connectivity index (χ1n) is 6.54. The highest BCUT2D eigenvalue weighted by Gasteiger charge is 2.39. The fourth-order valence-corrected chi connectivity index (χ4v) is 2.53. The maximum absolute atomic E-state index is 12.5. The molecule has 108 valence electrons. The third kappa shape index (κ3) is 2.81. The number of carbonyl (C=O) groups excluding carboxylic acids is 1. The number of likely N-dealkylation sites (tertiary alicyclic amines) is 1. The van der Waals surface area contributed by atoms with E-state index in [2.05, 4.69) is 0 Å². The maximum Gasteiger partial charge on any atom is 0.326 e. The summed E-state index contributed by atoms with van der Waals surface area (Å²) in [4.78, 5) is 24.9. The highest BCUT2D eigenvalue weighted by Crippen LogP contribution is 2.22. The maximum atomic E-state index is 12.5. The van der Waals surface area contributed by atoms with Gasteiger partial charge in [0, 0.05) is 18.5 Å². The lowest BCUT2D eigenvalue weighted by Crippen LogP contribution is -2.41. The average molecular weight is 278 g/mol. The van der Waals surface area contributed by atoms with Crippen molar-refractivity contribution in [3.8, 4) is 0 Å². The molecule has 1 fully saturated rings. The Kier molecular flexibility index (Phi) is 4.36. The monoisotopic (exact) mass is 278 g/mol. The minimum Gasteiger partial charge on any atom is -0.480 e. The summed E-state index contributed by atoms with van der Waals surface area (Å²) in [5.41, 5.74) is 6.78. The van der Waals surface area contributed by atoms with E-state index >= 15 is 0 Å². The summed E-state index contributed by atoms with van der Waals surface area (Å²) >= 11 is 0. The van der Waals surface area contributed by atoms with E-state index in [1.165, 1.54) is 4.90 Å². The van der Waals surface area contributed by atoms with Gasteiger partial charge in [-0.25, -0.2) is 4.79 Å². The lowest BCUT2D eigenvalue weighted by atomic mass is 10.0. The number of benzene rings is 1. The van der Waals surface area contributed by atoms with Crippen LogP contribution in [0.1, 0.15) is 22.3 Å². The van der Waals surface area contributed by atoms with E-state index < -0.39 is 18.1 Å². The molecule has 6 heteroatoms. The molecular weight excluding hydrogens is 260 g/mol. The van der Waals surface area contributed by atoms with Gasteiger partial charge in [0.05, 0.1) is 6.10 Å². The number of carboxylic acid groups (broad SMARTS) is 1. The lowest BCUT2D eigenvalue weighted by Gasteiger charge is -2.22. The van der Waals surface area contributed by atoms with Crippen molar-refractivity contribution in [2.75, 3.05) is 13.1 Å². The molecule has 0 aliphatic carbocycles. The quantitative estimate of drug-likeness (QED) is 0.710. The molecule has 1 heterocycles. The number of aliphatic hydroxyl groups excluding tert-OH is 1. The van der Waals surface area contributed by atoms with Crippen LogP contribution in [-0.2, 0) is 11.2 Å². The average Bonchev–Trinajstić information content (AvgIpc) is 2.81. The molecule has 0 radical (unpaired) electrons. The standard InChI is InChI=1S/C14H18N2O4/c15-6-5-9-3-1-2-4-11(9)13(18)16-8-10(17)7-12(16)14(19)20/h1-4,10,12,17H,5-8,15H2,(H,19,20)/t10-,12-/m1/s1. The number of nitrogens with two attached hydrogens (primary N) is 1. The van der Waals surface area contributed by atoms with Crippen molar-refractivity contribution in [3.05, 3.63) is 35.4 Å². The van der Waals surface area contributed by atoms with Gasteiger partial charge in [-0.05, 0) is 24.6 Å². The van der Waals surface area contributed by atoms with Gasteiger partial charge in [0.2, 0.25) is 0 Å². The molecule has 1 amide bonds. The van der Waals surface area contributed by atoms with Crippen LogP contribution in [0.4, 0.5) is 0 Å². The number of nitrogens with zero attached hydrogens (tertiary/aromatic N) is 1. The second-order valence-electron chi connectivity index (χ2n) is 4.90. The Bertz CT molecular complexity index is 518. The Hall–Kier alpha value is -1.92. The van der Waals surface area contributed by atoms with Gasteiger partial charge >= 0.3 is 5.97 Å². The predicted molar refractivity (Wildman–Crippen MR) is 72.3 cm³/mol. The van der Waals surface area contributed by atoms with Crippen LogP contribution in [-0.4, -0.2) is 52.2 Å². The summed E-state index contributed by atoms with van der Waals surface area (Å²) in [5.74, 6) is -1.45. The molecule has 2 atom stereocenters. The number of carbonyl (C=O) groups is 2. The number of hydrogen-bond donors (Lipinski definition) is 3. The molecule has 0 saturated carbocycles. The van der Waals surface area contributed by atoms with E-state index in [1.54, 1.807) is 12.1 Å². The lowest BCUT2D eigenvalue weighted by molar-refractivity contribution is -0.141. The Morgan fingerprint density at radius 3 is 2.70 bits per heavy atom. The van der Waals surface area contributed by atoms with Crippen LogP contribution in [0, 0.1) is 0 Å². The Morgan fingerprint density at radius 2 is 2.05 bits per heavy atom. The summed E-state index contributed by atoms with van der Waals surface area (Å²) in [7, 11) is 0. The number of rotatable bonds is 4. The molecule has 0 bridgehead atoms. The van der Waals surface area contributed by atoms with Crippen molar-refractivity contribution < 1.29 is 19.8 Å². The van der Waals surface area contributed by atoms with Gasteiger partial charge in [-0.15, -0.1) is 0 Å². The smallest absolute Gasteiger partial charge is 0.326 e. The fraction of sp³-hybridized carbons (Fsp3) is 0.429. The second kappa shape index (κ2) is 6.02. The van der Waals surface area contributed by atoms with E-state index in [0.717, 1.165) is 5.56 Å². The van der Waals surface area contributed by atoms with Crippen molar-refractivity contribution in [2.45, 2.75) is 25.0 Å². The van der Waals surface area contributed by atoms with Gasteiger partial charge in [-0.2, -0.15) is 0 Å². The topological polar surface area (TPSA) is 104 Å². The number of aliphatic hydroxyl groups is 1. The van der Waals surface area contributed by atoms with Crippen LogP contribution in [0.3, 0.4) is 0 Å². The molecule has 1 aromatic rings. The molecule has 0 spiro atoms. The molecule has 1 aliphatic heterocycles. The molecule has 1 saturated heterocycles. The molecule has 20 heavy (non-hydrogen) atoms. The van der Waals surface area contributed by atoms with Crippen LogP contribution in [0.5, 0.6) is 0 Å². The first kappa shape index (κ1) is 14.5. The van der Waals surface area contributed by atoms with Crippen molar-refractivity contribution in [3.63, 3.8) is 0 Å². The number of aliphatic carboxylic acids is 1. The van der Waals surface area contributed by atoms with Crippen LogP contribution in [0.15, 0.2) is 24.3 Å². The van der Waals surface area contributed by atoms with E-state index in [-0.39, 0.29) is 18.9 Å². The van der Waals surface area contributed by atoms with E-state index in [4.69, 9.17) is 10.8 Å². The molecule has 1 aliphatic rings. The molecule has 0 unspecified atom stereocenters. The number of amides is 1. The molecule has 0 aromatic heterocycles. The molecule has 1 aromatic carbocycles. The summed E-state index contributed by atoms with van der Waals surface area (Å²) in [5, 5.41) is 18.8. The first-order valence-corrected chi connectivity index (χ1v) is 6.54. The summed E-state index contributed by atoms with van der Waals surface area (Å²) in [6.45, 7) is 0.460.